The van der Waals surface area contributed by atoms with Crippen LogP contribution in [0.15, 0.2) is 30.3 Å². The number of nitrogens with two attached hydrogens (primary N) is 1. The van der Waals surface area contributed by atoms with Crippen LogP contribution in [0.25, 0.3) is 0 Å². The summed E-state index contributed by atoms with van der Waals surface area (Å²) in [6.45, 7) is 1.79. The molecule has 5 heteroatoms. The molecule has 1 heterocycles. The van der Waals surface area contributed by atoms with E-state index in [1.165, 1.54) is 4.90 Å². The van der Waals surface area contributed by atoms with E-state index in [1.54, 1.807) is 6.92 Å². The molecule has 0 saturated carbocycles. The zero-order chi connectivity index (χ0) is 14.0. The van der Waals surface area contributed by atoms with E-state index in [2.05, 4.69) is 0 Å². The molecule has 2 unspecified atom stereocenters. The minimum absolute atomic E-state index is 0.150. The minimum Gasteiger partial charge on any atom is -0.393 e. The molecule has 1 fully saturated rings. The third kappa shape index (κ3) is 2.81. The van der Waals surface area contributed by atoms with E-state index in [0.717, 1.165) is 5.56 Å². The highest BCUT2D eigenvalue weighted by Crippen LogP contribution is 2.31. The molecule has 4 nitrogen and oxygen atoms in total. The first kappa shape index (κ1) is 13.7. The fourth-order valence-electron chi connectivity index (χ4n) is 2.44. The van der Waals surface area contributed by atoms with E-state index in [9.17, 15) is 9.59 Å². The molecular formula is C14H16N2O2S. The van der Waals surface area contributed by atoms with Crippen LogP contribution in [0.2, 0.25) is 0 Å². The van der Waals surface area contributed by atoms with Gasteiger partial charge in [0.1, 0.15) is 0 Å². The predicted octanol–water partition coefficient (Wildman–Crippen LogP) is 1.59. The number of hydrogen-bond donors (Lipinski definition) is 1. The molecule has 2 rings (SSSR count). The predicted molar refractivity (Wildman–Crippen MR) is 76.5 cm³/mol. The van der Waals surface area contributed by atoms with Gasteiger partial charge in [-0.25, -0.2) is 0 Å². The molecule has 0 aliphatic carbocycles. The average molecular weight is 276 g/mol. The second kappa shape index (κ2) is 5.48. The zero-order valence-corrected chi connectivity index (χ0v) is 11.5. The third-order valence-electron chi connectivity index (χ3n) is 3.32. The maximum Gasteiger partial charge on any atom is 0.237 e. The van der Waals surface area contributed by atoms with Crippen molar-refractivity contribution >= 4 is 29.0 Å². The van der Waals surface area contributed by atoms with Gasteiger partial charge in [-0.05, 0) is 12.5 Å². The first-order valence-corrected chi connectivity index (χ1v) is 6.60. The van der Waals surface area contributed by atoms with Gasteiger partial charge in [0.2, 0.25) is 11.8 Å². The van der Waals surface area contributed by atoms with Gasteiger partial charge in [0.25, 0.3) is 0 Å². The van der Waals surface area contributed by atoms with E-state index in [1.807, 2.05) is 30.3 Å². The Balaban J connectivity index is 2.19. The second-order valence-electron chi connectivity index (χ2n) is 4.79. The van der Waals surface area contributed by atoms with Crippen LogP contribution in [0, 0.1) is 0 Å². The van der Waals surface area contributed by atoms with E-state index >= 15 is 0 Å². The Morgan fingerprint density at radius 3 is 2.63 bits per heavy atom. The van der Waals surface area contributed by atoms with Crippen molar-refractivity contribution in [2.75, 3.05) is 0 Å². The van der Waals surface area contributed by atoms with Crippen molar-refractivity contribution in [1.29, 1.82) is 0 Å². The molecule has 19 heavy (non-hydrogen) atoms. The SMILES string of the molecule is CC(CC(N)=S)N1C(=O)CC(c2ccccc2)C1=O. The van der Waals surface area contributed by atoms with Crippen molar-refractivity contribution in [3.05, 3.63) is 35.9 Å². The number of carbonyl (C=O) groups is 2. The Hall–Kier alpha value is -1.75. The van der Waals surface area contributed by atoms with Crippen molar-refractivity contribution < 1.29 is 9.59 Å². The lowest BCUT2D eigenvalue weighted by molar-refractivity contribution is -0.140. The van der Waals surface area contributed by atoms with E-state index in [0.29, 0.717) is 11.4 Å². The summed E-state index contributed by atoms with van der Waals surface area (Å²) in [6.07, 6.45) is 0.596. The van der Waals surface area contributed by atoms with Crippen LogP contribution in [0.4, 0.5) is 0 Å². The molecule has 1 aliphatic rings. The zero-order valence-electron chi connectivity index (χ0n) is 10.7. The number of nitrogens with zero attached hydrogens (tertiary/aromatic N) is 1. The number of carbonyl (C=O) groups excluding carboxylic acids is 2. The van der Waals surface area contributed by atoms with Gasteiger partial charge in [-0.3, -0.25) is 14.5 Å². The van der Waals surface area contributed by atoms with Crippen LogP contribution in [0.5, 0.6) is 0 Å². The summed E-state index contributed by atoms with van der Waals surface area (Å²) >= 11 is 4.84. The van der Waals surface area contributed by atoms with Gasteiger partial charge in [0.15, 0.2) is 0 Å². The number of imide groups is 1. The van der Waals surface area contributed by atoms with Crippen molar-refractivity contribution in [3.8, 4) is 0 Å². The number of thiocarbonyl (C=S) groups is 1. The fraction of sp³-hybridized carbons (Fsp3) is 0.357. The highest BCUT2D eigenvalue weighted by molar-refractivity contribution is 7.80. The first-order valence-electron chi connectivity index (χ1n) is 6.20. The van der Waals surface area contributed by atoms with Crippen molar-refractivity contribution in [2.45, 2.75) is 31.7 Å². The lowest BCUT2D eigenvalue weighted by Gasteiger charge is -2.22. The highest BCUT2D eigenvalue weighted by atomic mass is 32.1. The average Bonchev–Trinajstić information content (AvgIpc) is 2.65. The van der Waals surface area contributed by atoms with Crippen LogP contribution in [0.3, 0.4) is 0 Å². The Bertz CT molecular complexity index is 515. The van der Waals surface area contributed by atoms with E-state index in [-0.39, 0.29) is 30.2 Å². The second-order valence-corrected chi connectivity index (χ2v) is 5.31. The summed E-state index contributed by atoms with van der Waals surface area (Å²) in [4.78, 5) is 26.0. The van der Waals surface area contributed by atoms with Crippen LogP contribution in [-0.4, -0.2) is 27.7 Å². The summed E-state index contributed by atoms with van der Waals surface area (Å²) < 4.78 is 0. The molecule has 2 atom stereocenters. The molecule has 1 aromatic rings. The van der Waals surface area contributed by atoms with Gasteiger partial charge in [0.05, 0.1) is 10.9 Å². The van der Waals surface area contributed by atoms with Crippen molar-refractivity contribution in [3.63, 3.8) is 0 Å². The standard InChI is InChI=1S/C14H16N2O2S/c1-9(7-12(15)19)16-13(17)8-11(14(16)18)10-5-3-2-4-6-10/h2-6,9,11H,7-8H2,1H3,(H2,15,19). The summed E-state index contributed by atoms with van der Waals surface area (Å²) in [5, 5.41) is 0. The normalized spacial score (nSPS) is 20.7. The van der Waals surface area contributed by atoms with Crippen molar-refractivity contribution in [2.24, 2.45) is 5.73 Å². The van der Waals surface area contributed by atoms with Gasteiger partial charge >= 0.3 is 0 Å². The van der Waals surface area contributed by atoms with Gasteiger partial charge in [0, 0.05) is 18.9 Å². The number of amides is 2. The molecule has 100 valence electrons. The highest BCUT2D eigenvalue weighted by Gasteiger charge is 2.41. The van der Waals surface area contributed by atoms with E-state index < -0.39 is 0 Å². The number of benzene rings is 1. The maximum atomic E-state index is 12.4. The Kier molecular flexibility index (Phi) is 3.95. The lowest BCUT2D eigenvalue weighted by Crippen LogP contribution is -2.40. The molecule has 0 radical (unpaired) electrons. The summed E-state index contributed by atoms with van der Waals surface area (Å²) in [6, 6.07) is 9.10. The fourth-order valence-corrected chi connectivity index (χ4v) is 2.68. The first-order chi connectivity index (χ1) is 9.00. The van der Waals surface area contributed by atoms with Crippen molar-refractivity contribution in [1.82, 2.24) is 4.90 Å². The topological polar surface area (TPSA) is 63.4 Å². The van der Waals surface area contributed by atoms with Gasteiger partial charge in [-0.2, -0.15) is 0 Å². The van der Waals surface area contributed by atoms with Gasteiger partial charge < -0.3 is 5.73 Å². The van der Waals surface area contributed by atoms with Gasteiger partial charge in [-0.1, -0.05) is 42.5 Å². The van der Waals surface area contributed by atoms with E-state index in [4.69, 9.17) is 18.0 Å². The summed E-state index contributed by atoms with van der Waals surface area (Å²) in [5.74, 6) is -0.676. The molecule has 2 amide bonds. The summed E-state index contributed by atoms with van der Waals surface area (Å²) in [7, 11) is 0. The molecule has 0 bridgehead atoms. The quantitative estimate of drug-likeness (QED) is 0.670. The molecule has 1 saturated heterocycles. The smallest absolute Gasteiger partial charge is 0.237 e. The van der Waals surface area contributed by atoms with Crippen LogP contribution in [0.1, 0.15) is 31.2 Å². The number of rotatable bonds is 4. The number of likely N-dealkylation sites (tertiary alicyclic amines) is 1. The largest absolute Gasteiger partial charge is 0.393 e. The molecule has 1 aliphatic heterocycles. The van der Waals surface area contributed by atoms with Gasteiger partial charge in [-0.15, -0.1) is 0 Å². The molecule has 0 spiro atoms. The molecular weight excluding hydrogens is 260 g/mol. The van der Waals surface area contributed by atoms with Crippen LogP contribution < -0.4 is 5.73 Å². The Labute approximate surface area is 117 Å². The lowest BCUT2D eigenvalue weighted by atomic mass is 9.98. The number of hydrogen-bond acceptors (Lipinski definition) is 3. The third-order valence-corrected chi connectivity index (χ3v) is 3.49. The van der Waals surface area contributed by atoms with Crippen LogP contribution >= 0.6 is 12.2 Å². The molecule has 0 aromatic heterocycles. The van der Waals surface area contributed by atoms with Crippen LogP contribution in [-0.2, 0) is 9.59 Å². The monoisotopic (exact) mass is 276 g/mol. The Morgan fingerprint density at radius 1 is 1.42 bits per heavy atom. The minimum atomic E-state index is -0.373. The Morgan fingerprint density at radius 2 is 2.05 bits per heavy atom. The summed E-state index contributed by atoms with van der Waals surface area (Å²) in [5.41, 5.74) is 6.36. The molecule has 1 aromatic carbocycles. The maximum absolute atomic E-state index is 12.4. The molecule has 2 N–H and O–H groups in total.